The molecular weight excluding hydrogens is 256 g/mol. The molecule has 114 valence electrons. The van der Waals surface area contributed by atoms with Gasteiger partial charge in [-0.1, -0.05) is 27.2 Å². The Morgan fingerprint density at radius 2 is 1.90 bits per heavy atom. The number of esters is 1. The minimum atomic E-state index is -0.338. The first-order valence-electron chi connectivity index (χ1n) is 7.54. The van der Waals surface area contributed by atoms with E-state index in [2.05, 4.69) is 20.8 Å². The van der Waals surface area contributed by atoms with Crippen molar-refractivity contribution in [2.75, 3.05) is 7.11 Å². The molecule has 0 spiro atoms. The molecular formula is C16H26O4. The van der Waals surface area contributed by atoms with Crippen LogP contribution >= 0.6 is 0 Å². The Labute approximate surface area is 121 Å². The van der Waals surface area contributed by atoms with E-state index < -0.39 is 0 Å². The summed E-state index contributed by atoms with van der Waals surface area (Å²) in [6.45, 7) is 7.24. The van der Waals surface area contributed by atoms with Crippen molar-refractivity contribution in [2.24, 2.45) is 22.7 Å². The van der Waals surface area contributed by atoms with Crippen LogP contribution in [0.1, 0.15) is 52.9 Å². The molecule has 2 fully saturated rings. The molecule has 2 aliphatic carbocycles. The van der Waals surface area contributed by atoms with Crippen LogP contribution < -0.4 is 0 Å². The van der Waals surface area contributed by atoms with Gasteiger partial charge < -0.3 is 9.47 Å². The lowest BCUT2D eigenvalue weighted by Crippen LogP contribution is -2.56. The Morgan fingerprint density at radius 3 is 2.50 bits per heavy atom. The fourth-order valence-electron chi connectivity index (χ4n) is 4.95. The standard InChI is InChI=1S/C16H26O4/c1-15(2)8-5-9-16(3)12(15)7-6-11(20-10-17)13(16)14(18)19-4/h10-13H,5-9H2,1-4H3/t11-,12?,13-,16+/m0/s1. The molecule has 0 saturated heterocycles. The molecule has 2 saturated carbocycles. The van der Waals surface area contributed by atoms with Crippen LogP contribution in [0.3, 0.4) is 0 Å². The highest BCUT2D eigenvalue weighted by Gasteiger charge is 2.58. The number of hydrogen-bond donors (Lipinski definition) is 0. The zero-order valence-corrected chi connectivity index (χ0v) is 13.0. The summed E-state index contributed by atoms with van der Waals surface area (Å²) in [6, 6.07) is 0. The first-order valence-corrected chi connectivity index (χ1v) is 7.54. The highest BCUT2D eigenvalue weighted by atomic mass is 16.5. The average Bonchev–Trinajstić information content (AvgIpc) is 2.37. The summed E-state index contributed by atoms with van der Waals surface area (Å²) in [4.78, 5) is 23.1. The molecule has 4 heteroatoms. The Morgan fingerprint density at radius 1 is 1.20 bits per heavy atom. The zero-order chi connectivity index (χ0) is 15.0. The van der Waals surface area contributed by atoms with Gasteiger partial charge in [0.05, 0.1) is 13.0 Å². The monoisotopic (exact) mass is 282 g/mol. The molecule has 0 aromatic rings. The third-order valence-electron chi connectivity index (χ3n) is 5.78. The molecule has 0 aliphatic heterocycles. The maximum atomic E-state index is 12.3. The molecule has 0 amide bonds. The molecule has 0 aromatic carbocycles. The molecule has 4 atom stereocenters. The second-order valence-electron chi connectivity index (χ2n) is 7.25. The van der Waals surface area contributed by atoms with Crippen LogP contribution in [-0.2, 0) is 19.1 Å². The average molecular weight is 282 g/mol. The molecule has 0 heterocycles. The summed E-state index contributed by atoms with van der Waals surface area (Å²) < 4.78 is 10.2. The molecule has 1 unspecified atom stereocenters. The van der Waals surface area contributed by atoms with Crippen LogP contribution in [0.5, 0.6) is 0 Å². The van der Waals surface area contributed by atoms with Gasteiger partial charge in [0.1, 0.15) is 6.10 Å². The van der Waals surface area contributed by atoms with E-state index in [1.54, 1.807) is 0 Å². The second kappa shape index (κ2) is 5.38. The van der Waals surface area contributed by atoms with E-state index in [4.69, 9.17) is 9.47 Å². The van der Waals surface area contributed by atoms with Gasteiger partial charge in [0, 0.05) is 0 Å². The Kier molecular flexibility index (Phi) is 4.12. The van der Waals surface area contributed by atoms with Gasteiger partial charge >= 0.3 is 5.97 Å². The van der Waals surface area contributed by atoms with Crippen molar-refractivity contribution in [1.82, 2.24) is 0 Å². The van der Waals surface area contributed by atoms with Crippen LogP contribution in [-0.4, -0.2) is 25.7 Å². The highest BCUT2D eigenvalue weighted by Crippen LogP contribution is 2.60. The van der Waals surface area contributed by atoms with E-state index in [0.29, 0.717) is 12.4 Å². The van der Waals surface area contributed by atoms with Gasteiger partial charge in [-0.3, -0.25) is 9.59 Å². The minimum absolute atomic E-state index is 0.138. The van der Waals surface area contributed by atoms with Crippen molar-refractivity contribution >= 4 is 12.4 Å². The molecule has 0 bridgehead atoms. The normalized spacial score (nSPS) is 39.5. The fourth-order valence-corrected chi connectivity index (χ4v) is 4.95. The third kappa shape index (κ3) is 2.33. The second-order valence-corrected chi connectivity index (χ2v) is 7.25. The van der Waals surface area contributed by atoms with Crippen LogP contribution in [0.2, 0.25) is 0 Å². The number of carbonyl (C=O) groups is 2. The van der Waals surface area contributed by atoms with Crippen molar-refractivity contribution in [3.05, 3.63) is 0 Å². The van der Waals surface area contributed by atoms with E-state index in [9.17, 15) is 9.59 Å². The van der Waals surface area contributed by atoms with Crippen molar-refractivity contribution < 1.29 is 19.1 Å². The van der Waals surface area contributed by atoms with E-state index in [1.165, 1.54) is 13.5 Å². The first-order chi connectivity index (χ1) is 9.36. The molecule has 2 aliphatic rings. The Bertz CT molecular complexity index is 390. The number of methoxy groups -OCH3 is 1. The molecule has 2 rings (SSSR count). The van der Waals surface area contributed by atoms with Crippen molar-refractivity contribution in [3.63, 3.8) is 0 Å². The number of fused-ring (bicyclic) bond motifs is 1. The molecule has 0 aromatic heterocycles. The van der Waals surface area contributed by atoms with Crippen LogP contribution in [0, 0.1) is 22.7 Å². The van der Waals surface area contributed by atoms with Gasteiger partial charge in [-0.2, -0.15) is 0 Å². The van der Waals surface area contributed by atoms with Gasteiger partial charge in [-0.05, 0) is 42.4 Å². The summed E-state index contributed by atoms with van der Waals surface area (Å²) in [5.74, 6) is -0.0999. The predicted octanol–water partition coefficient (Wildman–Crippen LogP) is 2.94. The quantitative estimate of drug-likeness (QED) is 0.590. The number of ether oxygens (including phenoxy) is 2. The number of hydrogen-bond acceptors (Lipinski definition) is 4. The minimum Gasteiger partial charge on any atom is -0.469 e. The first kappa shape index (κ1) is 15.3. The third-order valence-corrected chi connectivity index (χ3v) is 5.78. The lowest BCUT2D eigenvalue weighted by molar-refractivity contribution is -0.182. The highest BCUT2D eigenvalue weighted by molar-refractivity contribution is 5.74. The fraction of sp³-hybridized carbons (Fsp3) is 0.875. The number of rotatable bonds is 3. The van der Waals surface area contributed by atoms with Crippen molar-refractivity contribution in [1.29, 1.82) is 0 Å². The Hall–Kier alpha value is -1.06. The maximum absolute atomic E-state index is 12.3. The van der Waals surface area contributed by atoms with Gasteiger partial charge in [-0.15, -0.1) is 0 Å². The van der Waals surface area contributed by atoms with Gasteiger partial charge in [0.25, 0.3) is 6.47 Å². The largest absolute Gasteiger partial charge is 0.469 e. The summed E-state index contributed by atoms with van der Waals surface area (Å²) >= 11 is 0. The molecule has 0 N–H and O–H groups in total. The smallest absolute Gasteiger partial charge is 0.313 e. The van der Waals surface area contributed by atoms with Crippen LogP contribution in [0.4, 0.5) is 0 Å². The van der Waals surface area contributed by atoms with Gasteiger partial charge in [0.15, 0.2) is 0 Å². The summed E-state index contributed by atoms with van der Waals surface area (Å²) in [7, 11) is 1.42. The van der Waals surface area contributed by atoms with Gasteiger partial charge in [-0.25, -0.2) is 0 Å². The Balaban J connectivity index is 2.38. The van der Waals surface area contributed by atoms with Gasteiger partial charge in [0.2, 0.25) is 0 Å². The maximum Gasteiger partial charge on any atom is 0.313 e. The van der Waals surface area contributed by atoms with Crippen molar-refractivity contribution in [2.45, 2.75) is 59.0 Å². The predicted molar refractivity (Wildman–Crippen MR) is 74.9 cm³/mol. The van der Waals surface area contributed by atoms with E-state index >= 15 is 0 Å². The number of carbonyl (C=O) groups excluding carboxylic acids is 2. The van der Waals surface area contributed by atoms with Crippen LogP contribution in [0.25, 0.3) is 0 Å². The lowest BCUT2D eigenvalue weighted by atomic mass is 9.48. The zero-order valence-electron chi connectivity index (χ0n) is 13.0. The van der Waals surface area contributed by atoms with Crippen molar-refractivity contribution in [3.8, 4) is 0 Å². The molecule has 4 nitrogen and oxygen atoms in total. The molecule has 0 radical (unpaired) electrons. The topological polar surface area (TPSA) is 52.6 Å². The van der Waals surface area contributed by atoms with E-state index in [1.807, 2.05) is 0 Å². The summed E-state index contributed by atoms with van der Waals surface area (Å²) in [5.41, 5.74) is 0.0895. The van der Waals surface area contributed by atoms with Crippen LogP contribution in [0.15, 0.2) is 0 Å². The lowest BCUT2D eigenvalue weighted by Gasteiger charge is -2.57. The van der Waals surface area contributed by atoms with E-state index in [0.717, 1.165) is 25.7 Å². The molecule has 20 heavy (non-hydrogen) atoms. The summed E-state index contributed by atoms with van der Waals surface area (Å²) in [6.07, 6.45) is 4.73. The van der Waals surface area contributed by atoms with E-state index in [-0.39, 0.29) is 28.8 Å². The summed E-state index contributed by atoms with van der Waals surface area (Å²) in [5, 5.41) is 0. The SMILES string of the molecule is COC(=O)[C@@H]1[C@@H](OC=O)CCC2C(C)(C)CCC[C@]21C.